The molecule has 1 aliphatic carbocycles. The number of aryl methyl sites for hydroxylation is 2. The first-order valence-electron chi connectivity index (χ1n) is 7.62. The zero-order valence-corrected chi connectivity index (χ0v) is 12.8. The zero-order chi connectivity index (χ0) is 13.9. The average molecular weight is 286 g/mol. The molecule has 0 spiro atoms. The van der Waals surface area contributed by atoms with Crippen molar-refractivity contribution in [3.63, 3.8) is 0 Å². The van der Waals surface area contributed by atoms with E-state index < -0.39 is 0 Å². The molecule has 3 rings (SSSR count). The molecule has 1 N–H and O–H groups in total. The van der Waals surface area contributed by atoms with Crippen LogP contribution in [0, 0.1) is 0 Å². The Bertz CT molecular complexity index is 572. The number of aliphatic hydroxyl groups excluding tert-OH is 1. The summed E-state index contributed by atoms with van der Waals surface area (Å²) in [6, 6.07) is 10.7. The van der Waals surface area contributed by atoms with E-state index in [-0.39, 0.29) is 12.0 Å². The lowest BCUT2D eigenvalue weighted by molar-refractivity contribution is 0.136. The Morgan fingerprint density at radius 3 is 3.10 bits per heavy atom. The normalized spacial score (nSPS) is 19.6. The summed E-state index contributed by atoms with van der Waals surface area (Å²) in [4.78, 5) is 1.48. The molecule has 1 aliphatic rings. The van der Waals surface area contributed by atoms with Gasteiger partial charge in [-0.05, 0) is 53.8 Å². The summed E-state index contributed by atoms with van der Waals surface area (Å²) < 4.78 is 0. The van der Waals surface area contributed by atoms with Crippen molar-refractivity contribution in [3.8, 4) is 0 Å². The summed E-state index contributed by atoms with van der Waals surface area (Å²) >= 11 is 1.84. The highest BCUT2D eigenvalue weighted by atomic mass is 32.1. The van der Waals surface area contributed by atoms with Crippen LogP contribution in [0.4, 0.5) is 0 Å². The van der Waals surface area contributed by atoms with Crippen LogP contribution in [0.15, 0.2) is 35.7 Å². The minimum absolute atomic E-state index is 0.280. The van der Waals surface area contributed by atoms with Crippen LogP contribution in [-0.4, -0.2) is 5.11 Å². The van der Waals surface area contributed by atoms with E-state index in [2.05, 4.69) is 42.6 Å². The topological polar surface area (TPSA) is 20.2 Å². The van der Waals surface area contributed by atoms with Crippen molar-refractivity contribution in [2.75, 3.05) is 0 Å². The third-order valence-corrected chi connectivity index (χ3v) is 5.31. The van der Waals surface area contributed by atoms with Crippen LogP contribution in [0.3, 0.4) is 0 Å². The highest BCUT2D eigenvalue weighted by Crippen LogP contribution is 2.42. The van der Waals surface area contributed by atoms with Crippen LogP contribution in [0.1, 0.15) is 59.8 Å². The summed E-state index contributed by atoms with van der Waals surface area (Å²) in [5.41, 5.74) is 3.81. The van der Waals surface area contributed by atoms with Gasteiger partial charge in [-0.15, -0.1) is 11.3 Å². The molecule has 0 bridgehead atoms. The zero-order valence-electron chi connectivity index (χ0n) is 12.0. The SMILES string of the molecule is CCCc1cccc(C(O)C2CCCc3sccc32)c1. The summed E-state index contributed by atoms with van der Waals surface area (Å²) in [5.74, 6) is 0.280. The molecule has 2 atom stereocenters. The van der Waals surface area contributed by atoms with Crippen LogP contribution in [0.25, 0.3) is 0 Å². The van der Waals surface area contributed by atoms with Gasteiger partial charge in [0.15, 0.2) is 0 Å². The predicted octanol–water partition coefficient (Wildman–Crippen LogP) is 4.85. The molecule has 106 valence electrons. The fraction of sp³-hybridized carbons (Fsp3) is 0.444. The van der Waals surface area contributed by atoms with Gasteiger partial charge in [-0.1, -0.05) is 37.6 Å². The molecule has 0 saturated heterocycles. The summed E-state index contributed by atoms with van der Waals surface area (Å²) in [5, 5.41) is 13.0. The van der Waals surface area contributed by atoms with Crippen molar-refractivity contribution < 1.29 is 5.11 Å². The van der Waals surface area contributed by atoms with Crippen molar-refractivity contribution in [1.29, 1.82) is 0 Å². The van der Waals surface area contributed by atoms with Gasteiger partial charge in [0.05, 0.1) is 6.10 Å². The van der Waals surface area contributed by atoms with Crippen molar-refractivity contribution in [2.45, 2.75) is 51.0 Å². The molecule has 20 heavy (non-hydrogen) atoms. The number of thiophene rings is 1. The Morgan fingerprint density at radius 2 is 2.25 bits per heavy atom. The monoisotopic (exact) mass is 286 g/mol. The highest BCUT2D eigenvalue weighted by molar-refractivity contribution is 7.10. The maximum absolute atomic E-state index is 10.8. The van der Waals surface area contributed by atoms with E-state index in [4.69, 9.17) is 0 Å². The fourth-order valence-corrected chi connectivity index (χ4v) is 4.30. The maximum Gasteiger partial charge on any atom is 0.0859 e. The minimum atomic E-state index is -0.361. The smallest absolute Gasteiger partial charge is 0.0859 e. The molecule has 2 unspecified atom stereocenters. The molecule has 0 amide bonds. The van der Waals surface area contributed by atoms with E-state index in [9.17, 15) is 5.11 Å². The second-order valence-electron chi connectivity index (χ2n) is 5.74. The first-order valence-corrected chi connectivity index (χ1v) is 8.50. The highest BCUT2D eigenvalue weighted by Gasteiger charge is 2.28. The largest absolute Gasteiger partial charge is 0.388 e. The van der Waals surface area contributed by atoms with Crippen LogP contribution >= 0.6 is 11.3 Å². The van der Waals surface area contributed by atoms with Gasteiger partial charge in [-0.2, -0.15) is 0 Å². The van der Waals surface area contributed by atoms with E-state index in [0.717, 1.165) is 24.8 Å². The molecule has 0 radical (unpaired) electrons. The number of hydrogen-bond donors (Lipinski definition) is 1. The van der Waals surface area contributed by atoms with Gasteiger partial charge in [0, 0.05) is 10.8 Å². The third kappa shape index (κ3) is 2.68. The van der Waals surface area contributed by atoms with E-state index in [1.54, 1.807) is 0 Å². The molecule has 2 heteroatoms. The Morgan fingerprint density at radius 1 is 1.35 bits per heavy atom. The molecule has 1 heterocycles. The minimum Gasteiger partial charge on any atom is -0.388 e. The lowest BCUT2D eigenvalue weighted by Crippen LogP contribution is -2.15. The Hall–Kier alpha value is -1.12. The molecule has 0 aliphatic heterocycles. The summed E-state index contributed by atoms with van der Waals surface area (Å²) in [7, 11) is 0. The summed E-state index contributed by atoms with van der Waals surface area (Å²) in [6.07, 6.45) is 5.37. The Balaban J connectivity index is 1.86. The second kappa shape index (κ2) is 6.11. The standard InChI is InChI=1S/C18H22OS/c1-2-5-13-6-3-7-14(12-13)18(19)16-8-4-9-17-15(16)10-11-20-17/h3,6-7,10-12,16,18-19H,2,4-5,8-9H2,1H3. The average Bonchev–Trinajstić information content (AvgIpc) is 2.95. The number of aliphatic hydroxyl groups is 1. The van der Waals surface area contributed by atoms with E-state index in [0.29, 0.717) is 0 Å². The first-order chi connectivity index (χ1) is 9.79. The van der Waals surface area contributed by atoms with Gasteiger partial charge >= 0.3 is 0 Å². The van der Waals surface area contributed by atoms with Gasteiger partial charge < -0.3 is 5.11 Å². The predicted molar refractivity (Wildman–Crippen MR) is 85.4 cm³/mol. The van der Waals surface area contributed by atoms with Gasteiger partial charge in [-0.25, -0.2) is 0 Å². The quantitative estimate of drug-likeness (QED) is 0.851. The van der Waals surface area contributed by atoms with Crippen LogP contribution in [0.2, 0.25) is 0 Å². The van der Waals surface area contributed by atoms with Gasteiger partial charge in [-0.3, -0.25) is 0 Å². The van der Waals surface area contributed by atoms with Crippen LogP contribution in [0.5, 0.6) is 0 Å². The molecule has 1 aromatic heterocycles. The van der Waals surface area contributed by atoms with E-state index in [1.807, 2.05) is 11.3 Å². The first kappa shape index (κ1) is 13.8. The molecule has 0 saturated carbocycles. The fourth-order valence-electron chi connectivity index (χ4n) is 3.30. The summed E-state index contributed by atoms with van der Waals surface area (Å²) in [6.45, 7) is 2.20. The number of fused-ring (bicyclic) bond motifs is 1. The maximum atomic E-state index is 10.8. The van der Waals surface area contributed by atoms with Crippen molar-refractivity contribution in [1.82, 2.24) is 0 Å². The van der Waals surface area contributed by atoms with Crippen molar-refractivity contribution in [3.05, 3.63) is 57.3 Å². The van der Waals surface area contributed by atoms with Gasteiger partial charge in [0.25, 0.3) is 0 Å². The number of benzene rings is 1. The Labute approximate surface area is 125 Å². The van der Waals surface area contributed by atoms with Crippen molar-refractivity contribution in [2.24, 2.45) is 0 Å². The molecule has 1 nitrogen and oxygen atoms in total. The van der Waals surface area contributed by atoms with Crippen LogP contribution in [-0.2, 0) is 12.8 Å². The molecular formula is C18H22OS. The number of hydrogen-bond acceptors (Lipinski definition) is 2. The molecule has 0 fully saturated rings. The molecule has 1 aromatic carbocycles. The van der Waals surface area contributed by atoms with E-state index in [1.165, 1.54) is 28.8 Å². The Kier molecular flexibility index (Phi) is 4.23. The van der Waals surface area contributed by atoms with Gasteiger partial charge in [0.2, 0.25) is 0 Å². The molecular weight excluding hydrogens is 264 g/mol. The second-order valence-corrected chi connectivity index (χ2v) is 6.74. The molecule has 2 aromatic rings. The van der Waals surface area contributed by atoms with Crippen LogP contribution < -0.4 is 0 Å². The third-order valence-electron chi connectivity index (χ3n) is 4.31. The van der Waals surface area contributed by atoms with Crippen molar-refractivity contribution >= 4 is 11.3 Å². The van der Waals surface area contributed by atoms with Gasteiger partial charge in [0.1, 0.15) is 0 Å². The lowest BCUT2D eigenvalue weighted by atomic mass is 9.81. The lowest BCUT2D eigenvalue weighted by Gasteiger charge is -2.27. The van der Waals surface area contributed by atoms with E-state index >= 15 is 0 Å². The number of rotatable bonds is 4.